The summed E-state index contributed by atoms with van der Waals surface area (Å²) in [5, 5.41) is 6.17. The third-order valence-corrected chi connectivity index (χ3v) is 3.10. The van der Waals surface area contributed by atoms with Crippen LogP contribution in [-0.2, 0) is 11.3 Å². The first-order valence-electron chi connectivity index (χ1n) is 8.12. The number of unbranched alkanes of at least 4 members (excludes halogenated alkanes) is 1. The van der Waals surface area contributed by atoms with E-state index in [2.05, 4.69) is 20.6 Å². The summed E-state index contributed by atoms with van der Waals surface area (Å²) in [6.07, 6.45) is -1.15. The average molecular weight is 490 g/mol. The van der Waals surface area contributed by atoms with Crippen molar-refractivity contribution in [3.05, 3.63) is 23.9 Å². The Balaban J connectivity index is 0.00000625. The van der Waals surface area contributed by atoms with Crippen molar-refractivity contribution in [1.29, 1.82) is 0 Å². The average Bonchev–Trinajstić information content (AvgIpc) is 2.58. The van der Waals surface area contributed by atoms with Gasteiger partial charge in [-0.1, -0.05) is 6.07 Å². The maximum atomic E-state index is 12.3. The van der Waals surface area contributed by atoms with Gasteiger partial charge in [-0.05, 0) is 25.8 Å². The molecule has 1 aromatic rings. The molecule has 0 radical (unpaired) electrons. The largest absolute Gasteiger partial charge is 0.468 e. The highest BCUT2D eigenvalue weighted by Crippen LogP contribution is 2.19. The maximum absolute atomic E-state index is 12.3. The Bertz CT molecular complexity index is 530. The second kappa shape index (κ2) is 13.8. The van der Waals surface area contributed by atoms with Gasteiger partial charge in [-0.3, -0.25) is 4.99 Å². The van der Waals surface area contributed by atoms with Crippen molar-refractivity contribution in [1.82, 2.24) is 15.6 Å². The fourth-order valence-electron chi connectivity index (χ4n) is 1.92. The number of aliphatic imine (C=N–C) groups is 1. The van der Waals surface area contributed by atoms with Crippen LogP contribution in [-0.4, -0.2) is 50.5 Å². The zero-order chi connectivity index (χ0) is 18.5. The molecule has 6 nitrogen and oxygen atoms in total. The van der Waals surface area contributed by atoms with Gasteiger partial charge in [0.1, 0.15) is 0 Å². The normalized spacial score (nSPS) is 11.7. The Hall–Kier alpha value is -1.30. The fraction of sp³-hybridized carbons (Fsp3) is 0.625. The van der Waals surface area contributed by atoms with E-state index in [4.69, 9.17) is 9.47 Å². The summed E-state index contributed by atoms with van der Waals surface area (Å²) < 4.78 is 46.9. The number of alkyl halides is 3. The molecule has 0 atom stereocenters. The third kappa shape index (κ3) is 11.3. The van der Waals surface area contributed by atoms with Crippen LogP contribution < -0.4 is 15.4 Å². The number of hydrogen-bond donors (Lipinski definition) is 2. The van der Waals surface area contributed by atoms with Crippen molar-refractivity contribution in [3.63, 3.8) is 0 Å². The van der Waals surface area contributed by atoms with Crippen molar-refractivity contribution >= 4 is 29.9 Å². The van der Waals surface area contributed by atoms with Gasteiger partial charge in [-0.15, -0.1) is 24.0 Å². The summed E-state index contributed by atoms with van der Waals surface area (Å²) in [5.74, 6) is 0.515. The van der Waals surface area contributed by atoms with Gasteiger partial charge in [0.05, 0.1) is 0 Å². The predicted molar refractivity (Wildman–Crippen MR) is 105 cm³/mol. The van der Waals surface area contributed by atoms with E-state index < -0.39 is 12.8 Å². The summed E-state index contributed by atoms with van der Waals surface area (Å²) in [6.45, 7) is 2.98. The number of nitrogens with one attached hydrogen (secondary N) is 2. The summed E-state index contributed by atoms with van der Waals surface area (Å²) in [6, 6.07) is 3.29. The molecule has 1 aromatic heterocycles. The molecule has 2 N–H and O–H groups in total. The molecule has 0 spiro atoms. The van der Waals surface area contributed by atoms with Gasteiger partial charge in [0.25, 0.3) is 0 Å². The lowest BCUT2D eigenvalue weighted by Crippen LogP contribution is -2.37. The molecule has 150 valence electrons. The van der Waals surface area contributed by atoms with Crippen LogP contribution in [0.25, 0.3) is 0 Å². The zero-order valence-corrected chi connectivity index (χ0v) is 17.3. The van der Waals surface area contributed by atoms with Crippen molar-refractivity contribution < 1.29 is 22.6 Å². The molecular weight excluding hydrogens is 464 g/mol. The minimum absolute atomic E-state index is 0. The molecule has 1 rings (SSSR count). The highest BCUT2D eigenvalue weighted by atomic mass is 127. The molecule has 0 fully saturated rings. The van der Waals surface area contributed by atoms with Crippen LogP contribution in [0.1, 0.15) is 25.3 Å². The molecule has 0 aliphatic heterocycles. The van der Waals surface area contributed by atoms with Gasteiger partial charge in [-0.2, -0.15) is 13.2 Å². The predicted octanol–water partition coefficient (Wildman–Crippen LogP) is 3.12. The lowest BCUT2D eigenvalue weighted by molar-refractivity contribution is -0.154. The van der Waals surface area contributed by atoms with Crippen LogP contribution in [0.5, 0.6) is 5.88 Å². The lowest BCUT2D eigenvalue weighted by Gasteiger charge is -2.14. The Labute approximate surface area is 169 Å². The standard InChI is InChI=1S/C16H25F3N4O2.HI/c1-3-24-10-5-4-8-22-15(20-2)23-11-13-7-6-9-21-14(13)25-12-16(17,18)19;/h6-7,9H,3-5,8,10-12H2,1-2H3,(H2,20,22,23);1H. The number of rotatable bonds is 10. The Morgan fingerprint density at radius 3 is 2.69 bits per heavy atom. The van der Waals surface area contributed by atoms with Crippen LogP contribution >= 0.6 is 24.0 Å². The molecule has 0 amide bonds. The van der Waals surface area contributed by atoms with E-state index in [0.29, 0.717) is 18.1 Å². The molecule has 0 unspecified atom stereocenters. The van der Waals surface area contributed by atoms with Gasteiger partial charge in [0.15, 0.2) is 12.6 Å². The topological polar surface area (TPSA) is 67.8 Å². The van der Waals surface area contributed by atoms with E-state index >= 15 is 0 Å². The fourth-order valence-corrected chi connectivity index (χ4v) is 1.92. The van der Waals surface area contributed by atoms with E-state index in [9.17, 15) is 13.2 Å². The highest BCUT2D eigenvalue weighted by molar-refractivity contribution is 14.0. The van der Waals surface area contributed by atoms with Gasteiger partial charge < -0.3 is 20.1 Å². The Morgan fingerprint density at radius 1 is 1.27 bits per heavy atom. The zero-order valence-electron chi connectivity index (χ0n) is 14.9. The minimum Gasteiger partial charge on any atom is -0.468 e. The second-order valence-corrected chi connectivity index (χ2v) is 5.13. The molecule has 0 aliphatic rings. The van der Waals surface area contributed by atoms with Gasteiger partial charge in [-0.25, -0.2) is 4.98 Å². The first-order chi connectivity index (χ1) is 12.0. The van der Waals surface area contributed by atoms with Crippen LogP contribution in [0.2, 0.25) is 0 Å². The first-order valence-corrected chi connectivity index (χ1v) is 8.12. The Kier molecular flexibility index (Phi) is 13.2. The molecule has 0 saturated carbocycles. The molecule has 26 heavy (non-hydrogen) atoms. The van der Waals surface area contributed by atoms with E-state index in [1.54, 1.807) is 19.2 Å². The van der Waals surface area contributed by atoms with Crippen LogP contribution in [0.3, 0.4) is 0 Å². The van der Waals surface area contributed by atoms with Crippen LogP contribution in [0, 0.1) is 0 Å². The van der Waals surface area contributed by atoms with Crippen molar-refractivity contribution in [2.24, 2.45) is 4.99 Å². The third-order valence-electron chi connectivity index (χ3n) is 3.10. The van der Waals surface area contributed by atoms with Gasteiger partial charge >= 0.3 is 6.18 Å². The monoisotopic (exact) mass is 490 g/mol. The number of nitrogens with zero attached hydrogens (tertiary/aromatic N) is 2. The van der Waals surface area contributed by atoms with E-state index in [-0.39, 0.29) is 36.4 Å². The van der Waals surface area contributed by atoms with Crippen molar-refractivity contribution in [3.8, 4) is 5.88 Å². The van der Waals surface area contributed by atoms with Crippen LogP contribution in [0.4, 0.5) is 13.2 Å². The number of halogens is 4. The highest BCUT2D eigenvalue weighted by Gasteiger charge is 2.29. The number of hydrogen-bond acceptors (Lipinski definition) is 4. The molecule has 0 aliphatic carbocycles. The van der Waals surface area contributed by atoms with E-state index in [1.165, 1.54) is 6.20 Å². The Morgan fingerprint density at radius 2 is 2.04 bits per heavy atom. The molecule has 0 bridgehead atoms. The van der Waals surface area contributed by atoms with E-state index in [0.717, 1.165) is 26.0 Å². The van der Waals surface area contributed by atoms with Gasteiger partial charge in [0.2, 0.25) is 5.88 Å². The van der Waals surface area contributed by atoms with Crippen molar-refractivity contribution in [2.45, 2.75) is 32.5 Å². The number of ether oxygens (including phenoxy) is 2. The summed E-state index contributed by atoms with van der Waals surface area (Å²) in [4.78, 5) is 7.93. The second-order valence-electron chi connectivity index (χ2n) is 5.13. The molecule has 10 heteroatoms. The summed E-state index contributed by atoms with van der Waals surface area (Å²) in [7, 11) is 1.62. The smallest absolute Gasteiger partial charge is 0.422 e. The van der Waals surface area contributed by atoms with E-state index in [1.807, 2.05) is 6.92 Å². The first kappa shape index (κ1) is 24.7. The molecular formula is C16H26F3IN4O2. The summed E-state index contributed by atoms with van der Waals surface area (Å²) >= 11 is 0. The number of aromatic nitrogens is 1. The SMILES string of the molecule is CCOCCCCNC(=NC)NCc1cccnc1OCC(F)(F)F.I. The molecule has 0 saturated heterocycles. The molecule has 0 aromatic carbocycles. The van der Waals surface area contributed by atoms with Crippen molar-refractivity contribution in [2.75, 3.05) is 33.4 Å². The van der Waals surface area contributed by atoms with Crippen LogP contribution in [0.15, 0.2) is 23.3 Å². The number of guanidine groups is 1. The summed E-state index contributed by atoms with van der Waals surface area (Å²) in [5.41, 5.74) is 0.519. The maximum Gasteiger partial charge on any atom is 0.422 e. The number of pyridine rings is 1. The van der Waals surface area contributed by atoms with Gasteiger partial charge in [0, 0.05) is 45.1 Å². The molecule has 1 heterocycles. The quantitative estimate of drug-likeness (QED) is 0.229. The lowest BCUT2D eigenvalue weighted by atomic mass is 10.2. The minimum atomic E-state index is -4.40.